The van der Waals surface area contributed by atoms with Crippen molar-refractivity contribution in [2.75, 3.05) is 0 Å². The highest BCUT2D eigenvalue weighted by Crippen LogP contribution is 2.27. The third-order valence-corrected chi connectivity index (χ3v) is 5.37. The molecule has 4 nitrogen and oxygen atoms in total. The molecular weight excluding hydrogens is 379 g/mol. The predicted octanol–water partition coefficient (Wildman–Crippen LogP) is 5.44. The Kier molecular flexibility index (Phi) is 5.47. The summed E-state index contributed by atoms with van der Waals surface area (Å²) in [5, 5.41) is 5.86. The van der Waals surface area contributed by atoms with Crippen molar-refractivity contribution in [3.8, 4) is 10.8 Å². The van der Waals surface area contributed by atoms with Crippen LogP contribution in [0.1, 0.15) is 30.0 Å². The van der Waals surface area contributed by atoms with E-state index in [1.807, 2.05) is 37.4 Å². The lowest BCUT2D eigenvalue weighted by atomic mass is 10.1. The van der Waals surface area contributed by atoms with Crippen LogP contribution in [0.5, 0.6) is 0 Å². The van der Waals surface area contributed by atoms with Gasteiger partial charge in [0.2, 0.25) is 11.8 Å². The zero-order valence-corrected chi connectivity index (χ0v) is 16.0. The van der Waals surface area contributed by atoms with Crippen LogP contribution < -0.4 is 5.32 Å². The van der Waals surface area contributed by atoms with Crippen LogP contribution in [0.4, 0.5) is 0 Å². The van der Waals surface area contributed by atoms with Crippen molar-refractivity contribution >= 4 is 40.4 Å². The third-order valence-electron chi connectivity index (χ3n) is 3.77. The maximum Gasteiger partial charge on any atom is 0.236 e. The first-order chi connectivity index (χ1) is 11.9. The Hall–Kier alpha value is -1.82. The van der Waals surface area contributed by atoms with E-state index in [2.05, 4.69) is 10.3 Å². The van der Waals surface area contributed by atoms with E-state index < -0.39 is 0 Å². The topological polar surface area (TPSA) is 55.1 Å². The Balaban J connectivity index is 1.67. The number of rotatable bonds is 5. The molecule has 25 heavy (non-hydrogen) atoms. The van der Waals surface area contributed by atoms with Gasteiger partial charge in [0.25, 0.3) is 0 Å². The molecule has 1 unspecified atom stereocenters. The van der Waals surface area contributed by atoms with Gasteiger partial charge in [0.05, 0.1) is 33.1 Å². The normalized spacial score (nSPS) is 12.2. The standard InChI is InChI=1S/C18H16Cl2N2O2S/c1-10(12-5-6-13(19)14(20)8-12)21-17(23)9-15-11(2)24-18(22-15)16-4-3-7-25-16/h3-8,10H,9H2,1-2H3,(H,21,23). The summed E-state index contributed by atoms with van der Waals surface area (Å²) < 4.78 is 5.67. The second-order valence-corrected chi connectivity index (χ2v) is 7.40. The lowest BCUT2D eigenvalue weighted by Crippen LogP contribution is -2.28. The van der Waals surface area contributed by atoms with Crippen molar-refractivity contribution in [2.24, 2.45) is 0 Å². The molecule has 0 spiro atoms. The van der Waals surface area contributed by atoms with Gasteiger partial charge in [-0.25, -0.2) is 4.98 Å². The Morgan fingerprint density at radius 2 is 2.12 bits per heavy atom. The number of hydrogen-bond donors (Lipinski definition) is 1. The summed E-state index contributed by atoms with van der Waals surface area (Å²) in [7, 11) is 0. The zero-order valence-electron chi connectivity index (χ0n) is 13.7. The van der Waals surface area contributed by atoms with E-state index in [4.69, 9.17) is 27.6 Å². The van der Waals surface area contributed by atoms with Gasteiger partial charge in [-0.2, -0.15) is 0 Å². The third kappa shape index (κ3) is 4.24. The highest BCUT2D eigenvalue weighted by molar-refractivity contribution is 7.13. The minimum absolute atomic E-state index is 0.132. The molecule has 2 heterocycles. The van der Waals surface area contributed by atoms with E-state index in [-0.39, 0.29) is 18.4 Å². The highest BCUT2D eigenvalue weighted by Gasteiger charge is 2.17. The first-order valence-electron chi connectivity index (χ1n) is 7.68. The molecule has 0 fully saturated rings. The maximum absolute atomic E-state index is 12.3. The van der Waals surface area contributed by atoms with Crippen LogP contribution in [0.2, 0.25) is 10.0 Å². The number of carbonyl (C=O) groups is 1. The number of oxazole rings is 1. The van der Waals surface area contributed by atoms with E-state index in [0.717, 1.165) is 10.4 Å². The summed E-state index contributed by atoms with van der Waals surface area (Å²) in [5.74, 6) is 1.07. The SMILES string of the molecule is Cc1oc(-c2cccs2)nc1CC(=O)NC(C)c1ccc(Cl)c(Cl)c1. The molecule has 7 heteroatoms. The molecule has 0 aliphatic rings. The molecule has 1 amide bonds. The quantitative estimate of drug-likeness (QED) is 0.626. The minimum Gasteiger partial charge on any atom is -0.440 e. The van der Waals surface area contributed by atoms with Crippen molar-refractivity contribution in [2.45, 2.75) is 26.3 Å². The van der Waals surface area contributed by atoms with Gasteiger partial charge >= 0.3 is 0 Å². The lowest BCUT2D eigenvalue weighted by molar-refractivity contribution is -0.121. The molecule has 0 aliphatic carbocycles. The second kappa shape index (κ2) is 7.60. The molecule has 0 saturated heterocycles. The molecule has 2 aromatic heterocycles. The summed E-state index contributed by atoms with van der Waals surface area (Å²) >= 11 is 13.5. The van der Waals surface area contributed by atoms with Gasteiger partial charge < -0.3 is 9.73 Å². The number of thiophene rings is 1. The fourth-order valence-electron chi connectivity index (χ4n) is 2.41. The van der Waals surface area contributed by atoms with E-state index in [9.17, 15) is 4.79 Å². The van der Waals surface area contributed by atoms with Crippen LogP contribution in [-0.4, -0.2) is 10.9 Å². The molecule has 1 atom stereocenters. The molecule has 0 aliphatic heterocycles. The van der Waals surface area contributed by atoms with Crippen LogP contribution in [0.3, 0.4) is 0 Å². The van der Waals surface area contributed by atoms with Gasteiger partial charge in [0.15, 0.2) is 0 Å². The average molecular weight is 395 g/mol. The predicted molar refractivity (Wildman–Crippen MR) is 101 cm³/mol. The number of aromatic nitrogens is 1. The fraction of sp³-hybridized carbons (Fsp3) is 0.222. The van der Waals surface area contributed by atoms with Crippen LogP contribution in [0.15, 0.2) is 40.1 Å². The Bertz CT molecular complexity index is 891. The van der Waals surface area contributed by atoms with Crippen molar-refractivity contribution < 1.29 is 9.21 Å². The summed E-state index contributed by atoms with van der Waals surface area (Å²) in [6.45, 7) is 3.71. The smallest absolute Gasteiger partial charge is 0.236 e. The number of halogens is 2. The first kappa shape index (κ1) is 18.0. The van der Waals surface area contributed by atoms with Gasteiger partial charge in [-0.1, -0.05) is 35.3 Å². The first-order valence-corrected chi connectivity index (χ1v) is 9.32. The van der Waals surface area contributed by atoms with Gasteiger partial charge in [0.1, 0.15) is 5.76 Å². The minimum atomic E-state index is -0.189. The van der Waals surface area contributed by atoms with Crippen molar-refractivity contribution in [3.63, 3.8) is 0 Å². The van der Waals surface area contributed by atoms with Crippen molar-refractivity contribution in [3.05, 3.63) is 62.8 Å². The number of benzene rings is 1. The van der Waals surface area contributed by atoms with Gasteiger partial charge in [0, 0.05) is 0 Å². The van der Waals surface area contributed by atoms with Crippen LogP contribution in [0.25, 0.3) is 10.8 Å². The molecule has 1 aromatic carbocycles. The molecular formula is C18H16Cl2N2O2S. The Labute approximate surface area is 159 Å². The summed E-state index contributed by atoms with van der Waals surface area (Å²) in [6, 6.07) is 9.00. The van der Waals surface area contributed by atoms with Gasteiger partial charge in [-0.05, 0) is 43.0 Å². The van der Waals surface area contributed by atoms with Gasteiger partial charge in [-0.15, -0.1) is 11.3 Å². The molecule has 0 radical (unpaired) electrons. The van der Waals surface area contributed by atoms with E-state index in [1.54, 1.807) is 23.5 Å². The molecule has 1 N–H and O–H groups in total. The van der Waals surface area contributed by atoms with Crippen molar-refractivity contribution in [1.82, 2.24) is 10.3 Å². The summed E-state index contributed by atoms with van der Waals surface area (Å²) in [6.07, 6.45) is 0.159. The molecule has 3 aromatic rings. The van der Waals surface area contributed by atoms with Crippen LogP contribution in [0, 0.1) is 6.92 Å². The number of nitrogens with zero attached hydrogens (tertiary/aromatic N) is 1. The number of carbonyl (C=O) groups excluding carboxylic acids is 1. The van der Waals surface area contributed by atoms with Crippen molar-refractivity contribution in [1.29, 1.82) is 0 Å². The number of nitrogens with one attached hydrogen (secondary N) is 1. The van der Waals surface area contributed by atoms with E-state index in [0.29, 0.717) is 27.4 Å². The zero-order chi connectivity index (χ0) is 18.0. The largest absolute Gasteiger partial charge is 0.440 e. The van der Waals surface area contributed by atoms with Crippen LogP contribution in [-0.2, 0) is 11.2 Å². The summed E-state index contributed by atoms with van der Waals surface area (Å²) in [4.78, 5) is 17.7. The Morgan fingerprint density at radius 3 is 2.80 bits per heavy atom. The monoisotopic (exact) mass is 394 g/mol. The highest BCUT2D eigenvalue weighted by atomic mass is 35.5. The fourth-order valence-corrected chi connectivity index (χ4v) is 3.36. The van der Waals surface area contributed by atoms with E-state index >= 15 is 0 Å². The molecule has 0 saturated carbocycles. The lowest BCUT2D eigenvalue weighted by Gasteiger charge is -2.14. The van der Waals surface area contributed by atoms with E-state index in [1.165, 1.54) is 0 Å². The second-order valence-electron chi connectivity index (χ2n) is 5.64. The molecule has 130 valence electrons. The molecule has 3 rings (SSSR count). The molecule has 0 bridgehead atoms. The number of amides is 1. The number of aryl methyl sites for hydroxylation is 1. The Morgan fingerprint density at radius 1 is 1.32 bits per heavy atom. The average Bonchev–Trinajstić information content (AvgIpc) is 3.20. The number of hydrogen-bond acceptors (Lipinski definition) is 4. The maximum atomic E-state index is 12.3. The summed E-state index contributed by atoms with van der Waals surface area (Å²) in [5.41, 5.74) is 1.53. The van der Waals surface area contributed by atoms with Gasteiger partial charge in [-0.3, -0.25) is 4.79 Å². The van der Waals surface area contributed by atoms with Crippen LogP contribution >= 0.6 is 34.5 Å².